The average molecular weight is 407 g/mol. The molecule has 0 saturated carbocycles. The number of aliphatic hydroxyl groups is 1. The summed E-state index contributed by atoms with van der Waals surface area (Å²) in [6.45, 7) is 2.27. The topological polar surface area (TPSA) is 77.8 Å². The molecule has 164 valence electrons. The Morgan fingerprint density at radius 3 is 1.07 bits per heavy atom. The van der Waals surface area contributed by atoms with Crippen molar-refractivity contribution in [1.82, 2.24) is 0 Å². The lowest BCUT2D eigenvalue weighted by Crippen LogP contribution is -2.06. The van der Waals surface area contributed by atoms with E-state index in [1.807, 2.05) is 0 Å². The first-order valence-corrected chi connectivity index (χ1v) is 13.4. The molecular formula is C22H47O4P. The van der Waals surface area contributed by atoms with Gasteiger partial charge >= 0.3 is 7.60 Å². The SMILES string of the molecule is CCCCCCCCCCCCCCCCCCCCCC(O)P(=O)(O)O. The van der Waals surface area contributed by atoms with Gasteiger partial charge in [0.15, 0.2) is 5.85 Å². The lowest BCUT2D eigenvalue weighted by Gasteiger charge is -2.11. The highest BCUT2D eigenvalue weighted by atomic mass is 31.2. The molecule has 1 unspecified atom stereocenters. The number of rotatable bonds is 21. The zero-order chi connectivity index (χ0) is 20.2. The molecule has 0 saturated heterocycles. The Balaban J connectivity index is 3.10. The quantitative estimate of drug-likeness (QED) is 0.138. The van der Waals surface area contributed by atoms with Crippen molar-refractivity contribution in [3.05, 3.63) is 0 Å². The van der Waals surface area contributed by atoms with Crippen LogP contribution in [0.4, 0.5) is 0 Å². The van der Waals surface area contributed by atoms with Crippen LogP contribution in [0.25, 0.3) is 0 Å². The van der Waals surface area contributed by atoms with Gasteiger partial charge in [-0.1, -0.05) is 129 Å². The van der Waals surface area contributed by atoms with Gasteiger partial charge < -0.3 is 14.9 Å². The summed E-state index contributed by atoms with van der Waals surface area (Å²) >= 11 is 0. The fraction of sp³-hybridized carbons (Fsp3) is 1.00. The van der Waals surface area contributed by atoms with Gasteiger partial charge in [0, 0.05) is 0 Å². The van der Waals surface area contributed by atoms with Crippen LogP contribution in [0.15, 0.2) is 0 Å². The van der Waals surface area contributed by atoms with E-state index in [0.29, 0.717) is 6.42 Å². The summed E-state index contributed by atoms with van der Waals surface area (Å²) in [5, 5.41) is 9.27. The molecule has 0 aliphatic carbocycles. The maximum Gasteiger partial charge on any atom is 0.353 e. The van der Waals surface area contributed by atoms with Gasteiger partial charge in [0.1, 0.15) is 0 Å². The molecule has 0 spiro atoms. The highest BCUT2D eigenvalue weighted by Gasteiger charge is 2.24. The number of hydrogen-bond acceptors (Lipinski definition) is 2. The van der Waals surface area contributed by atoms with Crippen molar-refractivity contribution in [3.8, 4) is 0 Å². The van der Waals surface area contributed by atoms with Crippen LogP contribution in [0, 0.1) is 0 Å². The molecule has 0 aliphatic heterocycles. The minimum Gasteiger partial charge on any atom is -0.380 e. The molecule has 0 aromatic rings. The summed E-state index contributed by atoms with van der Waals surface area (Å²) in [4.78, 5) is 17.6. The van der Waals surface area contributed by atoms with Crippen LogP contribution >= 0.6 is 7.60 Å². The predicted molar refractivity (Wildman–Crippen MR) is 116 cm³/mol. The average Bonchev–Trinajstić information content (AvgIpc) is 2.62. The second kappa shape index (κ2) is 19.4. The van der Waals surface area contributed by atoms with Gasteiger partial charge in [-0.25, -0.2) is 0 Å². The van der Waals surface area contributed by atoms with E-state index in [9.17, 15) is 9.67 Å². The lowest BCUT2D eigenvalue weighted by molar-refractivity contribution is 0.190. The van der Waals surface area contributed by atoms with E-state index in [-0.39, 0.29) is 6.42 Å². The minimum absolute atomic E-state index is 0.211. The minimum atomic E-state index is -4.30. The van der Waals surface area contributed by atoms with Crippen LogP contribution in [-0.4, -0.2) is 20.7 Å². The predicted octanol–water partition coefficient (Wildman–Crippen LogP) is 7.30. The van der Waals surface area contributed by atoms with Crippen molar-refractivity contribution in [2.45, 2.75) is 141 Å². The third-order valence-corrected chi connectivity index (χ3v) is 6.49. The fourth-order valence-corrected chi connectivity index (χ4v) is 4.09. The largest absolute Gasteiger partial charge is 0.380 e. The summed E-state index contributed by atoms with van der Waals surface area (Å²) in [6.07, 6.45) is 25.0. The van der Waals surface area contributed by atoms with Gasteiger partial charge in [-0.05, 0) is 6.42 Å². The smallest absolute Gasteiger partial charge is 0.353 e. The van der Waals surface area contributed by atoms with Gasteiger partial charge in [-0.3, -0.25) is 4.57 Å². The molecule has 0 rings (SSSR count). The number of aliphatic hydroxyl groups excluding tert-OH is 1. The Morgan fingerprint density at radius 1 is 0.556 bits per heavy atom. The normalized spacial score (nSPS) is 13.2. The standard InChI is InChI=1S/C22H47O4P/c1-2-3-4-5-6-7-8-9-10-11-12-13-14-15-16-17-18-19-20-21-22(23)27(24,25)26/h22-23H,2-21H2,1H3,(H2,24,25,26). The molecule has 0 aromatic heterocycles. The van der Waals surface area contributed by atoms with Crippen molar-refractivity contribution in [3.63, 3.8) is 0 Å². The van der Waals surface area contributed by atoms with E-state index in [2.05, 4.69) is 6.92 Å². The second-order valence-electron chi connectivity index (χ2n) is 8.22. The molecule has 5 heteroatoms. The molecule has 3 N–H and O–H groups in total. The lowest BCUT2D eigenvalue weighted by atomic mass is 10.0. The molecule has 0 aliphatic rings. The van der Waals surface area contributed by atoms with Crippen LogP contribution in [0.1, 0.15) is 135 Å². The maximum atomic E-state index is 10.8. The Labute approximate surface area is 168 Å². The van der Waals surface area contributed by atoms with Gasteiger partial charge in [-0.15, -0.1) is 0 Å². The van der Waals surface area contributed by atoms with Crippen molar-refractivity contribution in [2.75, 3.05) is 0 Å². The Bertz CT molecular complexity index is 343. The second-order valence-corrected chi connectivity index (χ2v) is 10.00. The third-order valence-electron chi connectivity index (χ3n) is 5.45. The molecule has 0 radical (unpaired) electrons. The first kappa shape index (κ1) is 27.1. The van der Waals surface area contributed by atoms with Crippen LogP contribution in [0.3, 0.4) is 0 Å². The molecule has 0 aromatic carbocycles. The van der Waals surface area contributed by atoms with E-state index in [1.165, 1.54) is 103 Å². The van der Waals surface area contributed by atoms with Crippen LogP contribution < -0.4 is 0 Å². The maximum absolute atomic E-state index is 10.8. The zero-order valence-electron chi connectivity index (χ0n) is 17.9. The summed E-state index contributed by atoms with van der Waals surface area (Å²) in [7, 11) is -4.30. The van der Waals surface area contributed by atoms with E-state index in [1.54, 1.807) is 0 Å². The molecule has 4 nitrogen and oxygen atoms in total. The highest BCUT2D eigenvalue weighted by molar-refractivity contribution is 7.52. The highest BCUT2D eigenvalue weighted by Crippen LogP contribution is 2.41. The number of hydrogen-bond donors (Lipinski definition) is 3. The molecular weight excluding hydrogens is 359 g/mol. The van der Waals surface area contributed by atoms with E-state index >= 15 is 0 Å². The van der Waals surface area contributed by atoms with Gasteiger partial charge in [0.2, 0.25) is 0 Å². The molecule has 27 heavy (non-hydrogen) atoms. The van der Waals surface area contributed by atoms with Crippen molar-refractivity contribution in [2.24, 2.45) is 0 Å². The fourth-order valence-electron chi connectivity index (χ4n) is 3.57. The summed E-state index contributed by atoms with van der Waals surface area (Å²) in [5.41, 5.74) is 0. The van der Waals surface area contributed by atoms with Crippen LogP contribution in [0.2, 0.25) is 0 Å². The Kier molecular flexibility index (Phi) is 19.5. The number of unbranched alkanes of at least 4 members (excludes halogenated alkanes) is 18. The van der Waals surface area contributed by atoms with E-state index in [0.717, 1.165) is 12.8 Å². The Hall–Kier alpha value is 0.110. The first-order chi connectivity index (χ1) is 13.0. The summed E-state index contributed by atoms with van der Waals surface area (Å²) in [5.74, 6) is -1.47. The third kappa shape index (κ3) is 20.7. The van der Waals surface area contributed by atoms with Gasteiger partial charge in [-0.2, -0.15) is 0 Å². The molecule has 0 fully saturated rings. The zero-order valence-corrected chi connectivity index (χ0v) is 18.8. The van der Waals surface area contributed by atoms with Crippen molar-refractivity contribution in [1.29, 1.82) is 0 Å². The van der Waals surface area contributed by atoms with Crippen molar-refractivity contribution >= 4 is 7.60 Å². The molecule has 1 atom stereocenters. The molecule has 0 heterocycles. The molecule has 0 bridgehead atoms. The van der Waals surface area contributed by atoms with Crippen LogP contribution in [0.5, 0.6) is 0 Å². The van der Waals surface area contributed by atoms with E-state index in [4.69, 9.17) is 9.79 Å². The monoisotopic (exact) mass is 406 g/mol. The van der Waals surface area contributed by atoms with E-state index < -0.39 is 13.4 Å². The Morgan fingerprint density at radius 2 is 0.815 bits per heavy atom. The first-order valence-electron chi connectivity index (χ1n) is 11.7. The molecule has 0 amide bonds. The summed E-state index contributed by atoms with van der Waals surface area (Å²) < 4.78 is 10.8. The van der Waals surface area contributed by atoms with Crippen LogP contribution in [-0.2, 0) is 4.57 Å². The summed E-state index contributed by atoms with van der Waals surface area (Å²) in [6, 6.07) is 0. The van der Waals surface area contributed by atoms with Gasteiger partial charge in [0.25, 0.3) is 0 Å². The van der Waals surface area contributed by atoms with Crippen molar-refractivity contribution < 1.29 is 19.5 Å². The van der Waals surface area contributed by atoms with Gasteiger partial charge in [0.05, 0.1) is 0 Å².